The lowest BCUT2D eigenvalue weighted by Gasteiger charge is -2.12. The molecule has 10 nitrogen and oxygen atoms in total. The maximum Gasteiger partial charge on any atom is 0.374 e. The number of hydrogen-bond donors (Lipinski definition) is 1. The standard InChI is InChI=1S/C21H23N5O5S2/c1-2-30-20(29)16-23-18-15(11-6-3-4-8-13(11)32-18)19(28)26(16)10-14(27)22-21-25-24-17(33-21)12-7-5-9-31-12/h12H,2-10H2,1H3,(H,22,25,27). The number of thiophene rings is 1. The van der Waals surface area contributed by atoms with E-state index in [-0.39, 0.29) is 25.1 Å². The molecular formula is C21H23N5O5S2. The molecule has 12 heteroatoms. The Kier molecular flexibility index (Phi) is 6.21. The van der Waals surface area contributed by atoms with E-state index in [1.807, 2.05) is 0 Å². The molecule has 1 unspecified atom stereocenters. The Labute approximate surface area is 197 Å². The second kappa shape index (κ2) is 9.27. The summed E-state index contributed by atoms with van der Waals surface area (Å²) < 4.78 is 11.8. The summed E-state index contributed by atoms with van der Waals surface area (Å²) in [6, 6.07) is 0. The molecule has 174 valence electrons. The molecule has 1 atom stereocenters. The van der Waals surface area contributed by atoms with E-state index in [1.165, 1.54) is 22.7 Å². The zero-order valence-electron chi connectivity index (χ0n) is 18.1. The highest BCUT2D eigenvalue weighted by atomic mass is 32.1. The molecule has 0 saturated carbocycles. The Balaban J connectivity index is 1.46. The van der Waals surface area contributed by atoms with Gasteiger partial charge in [-0.25, -0.2) is 9.78 Å². The van der Waals surface area contributed by atoms with Gasteiger partial charge in [0.05, 0.1) is 12.0 Å². The Morgan fingerprint density at radius 2 is 2.06 bits per heavy atom. The van der Waals surface area contributed by atoms with Crippen LogP contribution in [0.5, 0.6) is 0 Å². The largest absolute Gasteiger partial charge is 0.460 e. The van der Waals surface area contributed by atoms with Crippen LogP contribution in [0.25, 0.3) is 10.2 Å². The summed E-state index contributed by atoms with van der Waals surface area (Å²) in [6.45, 7) is 2.12. The predicted molar refractivity (Wildman–Crippen MR) is 123 cm³/mol. The lowest BCUT2D eigenvalue weighted by Crippen LogP contribution is -2.33. The molecule has 1 N–H and O–H groups in total. The fraction of sp³-hybridized carbons (Fsp3) is 0.524. The maximum absolute atomic E-state index is 13.5. The monoisotopic (exact) mass is 489 g/mol. The first kappa shape index (κ1) is 22.1. The first-order valence-electron chi connectivity index (χ1n) is 11.0. The fourth-order valence-corrected chi connectivity index (χ4v) is 6.32. The van der Waals surface area contributed by atoms with Crippen molar-refractivity contribution in [1.82, 2.24) is 19.7 Å². The van der Waals surface area contributed by atoms with Gasteiger partial charge < -0.3 is 9.47 Å². The van der Waals surface area contributed by atoms with Crippen LogP contribution >= 0.6 is 22.7 Å². The summed E-state index contributed by atoms with van der Waals surface area (Å²) in [5.41, 5.74) is 0.601. The van der Waals surface area contributed by atoms with Gasteiger partial charge in [-0.05, 0) is 51.0 Å². The Bertz CT molecular complexity index is 1270. The third-order valence-corrected chi connectivity index (χ3v) is 7.84. The average molecular weight is 490 g/mol. The van der Waals surface area contributed by atoms with Gasteiger partial charge in [-0.1, -0.05) is 11.3 Å². The summed E-state index contributed by atoms with van der Waals surface area (Å²) in [5.74, 6) is -1.39. The van der Waals surface area contributed by atoms with Gasteiger partial charge in [0.15, 0.2) is 0 Å². The number of esters is 1. The SMILES string of the molecule is CCOC(=O)c1nc2sc3c(c2c(=O)n1CC(=O)Nc1nnc(C2CCCO2)s1)CCCC3. The molecule has 0 radical (unpaired) electrons. The summed E-state index contributed by atoms with van der Waals surface area (Å²) >= 11 is 2.69. The molecule has 1 amide bonds. The molecule has 4 heterocycles. The fourth-order valence-electron chi connectivity index (χ4n) is 4.23. The third-order valence-electron chi connectivity index (χ3n) is 5.73. The molecule has 0 spiro atoms. The number of nitrogens with one attached hydrogen (secondary N) is 1. The molecule has 5 rings (SSSR count). The summed E-state index contributed by atoms with van der Waals surface area (Å²) in [5, 5.41) is 12.3. The molecular weight excluding hydrogens is 466 g/mol. The van der Waals surface area contributed by atoms with Crippen LogP contribution in [0.15, 0.2) is 4.79 Å². The molecule has 3 aromatic heterocycles. The first-order chi connectivity index (χ1) is 16.0. The zero-order chi connectivity index (χ0) is 22.9. The molecule has 1 saturated heterocycles. The number of aromatic nitrogens is 4. The average Bonchev–Trinajstić information content (AvgIpc) is 3.54. The summed E-state index contributed by atoms with van der Waals surface area (Å²) in [7, 11) is 0. The Hall–Kier alpha value is -2.70. The van der Waals surface area contributed by atoms with E-state index in [9.17, 15) is 14.4 Å². The van der Waals surface area contributed by atoms with Crippen LogP contribution in [0.2, 0.25) is 0 Å². The predicted octanol–water partition coefficient (Wildman–Crippen LogP) is 2.86. The van der Waals surface area contributed by atoms with Gasteiger partial charge in [0.1, 0.15) is 22.5 Å². The molecule has 0 aromatic carbocycles. The molecule has 33 heavy (non-hydrogen) atoms. The molecule has 2 aliphatic rings. The normalized spacial score (nSPS) is 17.8. The van der Waals surface area contributed by atoms with Gasteiger partial charge in [-0.15, -0.1) is 21.5 Å². The van der Waals surface area contributed by atoms with Gasteiger partial charge >= 0.3 is 5.97 Å². The van der Waals surface area contributed by atoms with Crippen molar-refractivity contribution in [3.8, 4) is 0 Å². The number of rotatable bonds is 6. The number of carbonyl (C=O) groups excluding carboxylic acids is 2. The van der Waals surface area contributed by atoms with Crippen LogP contribution in [0.3, 0.4) is 0 Å². The summed E-state index contributed by atoms with van der Waals surface area (Å²) in [4.78, 5) is 45.0. The van der Waals surface area contributed by atoms with Gasteiger partial charge in [0.2, 0.25) is 16.9 Å². The van der Waals surface area contributed by atoms with Crippen molar-refractivity contribution in [2.75, 3.05) is 18.5 Å². The van der Waals surface area contributed by atoms with Crippen LogP contribution in [0.1, 0.15) is 64.8 Å². The topological polar surface area (TPSA) is 125 Å². The quantitative estimate of drug-likeness (QED) is 0.524. The summed E-state index contributed by atoms with van der Waals surface area (Å²) in [6.07, 6.45) is 5.51. The van der Waals surface area contributed by atoms with E-state index in [2.05, 4.69) is 20.5 Å². The van der Waals surface area contributed by atoms with E-state index in [1.54, 1.807) is 6.92 Å². The number of hydrogen-bond acceptors (Lipinski definition) is 10. The Morgan fingerprint density at radius 3 is 2.85 bits per heavy atom. The van der Waals surface area contributed by atoms with Crippen LogP contribution in [0, 0.1) is 0 Å². The molecule has 3 aromatic rings. The minimum absolute atomic E-state index is 0.0948. The van der Waals surface area contributed by atoms with Crippen LogP contribution in [-0.2, 0) is 33.7 Å². The molecule has 0 bridgehead atoms. The lowest BCUT2D eigenvalue weighted by molar-refractivity contribution is -0.116. The molecule has 1 aliphatic carbocycles. The number of aryl methyl sites for hydroxylation is 2. The van der Waals surface area contributed by atoms with E-state index < -0.39 is 17.4 Å². The van der Waals surface area contributed by atoms with E-state index in [4.69, 9.17) is 9.47 Å². The van der Waals surface area contributed by atoms with Gasteiger partial charge in [0.25, 0.3) is 5.56 Å². The first-order valence-corrected chi connectivity index (χ1v) is 12.7. The molecule has 1 fully saturated rings. The number of ether oxygens (including phenoxy) is 2. The van der Waals surface area contributed by atoms with Crippen molar-refractivity contribution in [3.05, 3.63) is 31.6 Å². The van der Waals surface area contributed by atoms with Gasteiger partial charge in [-0.2, -0.15) is 0 Å². The van der Waals surface area contributed by atoms with Crippen LogP contribution in [-0.4, -0.2) is 44.8 Å². The van der Waals surface area contributed by atoms with Crippen molar-refractivity contribution in [2.45, 2.75) is 58.1 Å². The minimum atomic E-state index is -0.729. The molecule has 1 aliphatic heterocycles. The van der Waals surface area contributed by atoms with Crippen molar-refractivity contribution < 1.29 is 19.1 Å². The highest BCUT2D eigenvalue weighted by molar-refractivity contribution is 7.18. The number of carbonyl (C=O) groups is 2. The van der Waals surface area contributed by atoms with Crippen molar-refractivity contribution >= 4 is 49.9 Å². The second-order valence-electron chi connectivity index (χ2n) is 7.93. The van der Waals surface area contributed by atoms with Gasteiger partial charge in [0, 0.05) is 11.5 Å². The Morgan fingerprint density at radius 1 is 1.21 bits per heavy atom. The van der Waals surface area contributed by atoms with E-state index in [0.29, 0.717) is 27.0 Å². The maximum atomic E-state index is 13.5. The van der Waals surface area contributed by atoms with E-state index in [0.717, 1.165) is 53.5 Å². The highest BCUT2D eigenvalue weighted by Gasteiger charge is 2.27. The minimum Gasteiger partial charge on any atom is -0.460 e. The van der Waals surface area contributed by atoms with Gasteiger partial charge in [-0.3, -0.25) is 19.5 Å². The van der Waals surface area contributed by atoms with Crippen molar-refractivity contribution in [1.29, 1.82) is 0 Å². The zero-order valence-corrected chi connectivity index (χ0v) is 19.7. The van der Waals surface area contributed by atoms with Crippen LogP contribution in [0.4, 0.5) is 5.13 Å². The lowest BCUT2D eigenvalue weighted by atomic mass is 9.97. The smallest absolute Gasteiger partial charge is 0.374 e. The number of anilines is 1. The van der Waals surface area contributed by atoms with Crippen molar-refractivity contribution in [2.24, 2.45) is 0 Å². The number of fused-ring (bicyclic) bond motifs is 3. The number of amides is 1. The van der Waals surface area contributed by atoms with Crippen LogP contribution < -0.4 is 10.9 Å². The third kappa shape index (κ3) is 4.30. The van der Waals surface area contributed by atoms with E-state index >= 15 is 0 Å². The number of nitrogens with zero attached hydrogens (tertiary/aromatic N) is 4. The highest BCUT2D eigenvalue weighted by Crippen LogP contribution is 2.34. The van der Waals surface area contributed by atoms with Crippen molar-refractivity contribution in [3.63, 3.8) is 0 Å². The second-order valence-corrected chi connectivity index (χ2v) is 10.0.